The van der Waals surface area contributed by atoms with Gasteiger partial charge in [0, 0.05) is 23.3 Å². The van der Waals surface area contributed by atoms with Crippen molar-refractivity contribution >= 4 is 29.2 Å². The largest absolute Gasteiger partial charge is 0.457 e. The zero-order valence-electron chi connectivity index (χ0n) is 23.1. The number of carbonyl (C=O) groups is 2. The fourth-order valence-electron chi connectivity index (χ4n) is 4.80. The van der Waals surface area contributed by atoms with E-state index in [1.807, 2.05) is 61.7 Å². The number of benzene rings is 1. The molecule has 5 atom stereocenters. The van der Waals surface area contributed by atoms with Crippen LogP contribution in [-0.2, 0) is 14.3 Å². The number of ketones is 1. The number of Topliss-reactive ketones (excluding diaryl/α,β-unsaturated/α-hetero) is 1. The number of thiazole rings is 1. The lowest BCUT2D eigenvalue weighted by Crippen LogP contribution is -2.45. The summed E-state index contributed by atoms with van der Waals surface area (Å²) in [4.78, 5) is 30.9. The first-order valence-corrected chi connectivity index (χ1v) is 14.3. The molecule has 0 saturated carbocycles. The highest BCUT2D eigenvalue weighted by Crippen LogP contribution is 2.32. The van der Waals surface area contributed by atoms with Crippen LogP contribution < -0.4 is 0 Å². The number of hydrogen-bond acceptors (Lipinski definition) is 7. The highest BCUT2D eigenvalue weighted by molar-refractivity contribution is 7.13. The molecule has 206 valence electrons. The fraction of sp³-hybridized carbons (Fsp3) is 0.516. The highest BCUT2D eigenvalue weighted by Gasteiger charge is 2.42. The van der Waals surface area contributed by atoms with Crippen LogP contribution in [-0.4, -0.2) is 45.3 Å². The molecule has 2 heterocycles. The van der Waals surface area contributed by atoms with E-state index in [1.165, 1.54) is 0 Å². The Balaban J connectivity index is 1.82. The van der Waals surface area contributed by atoms with Crippen molar-refractivity contribution < 1.29 is 24.5 Å². The molecule has 38 heavy (non-hydrogen) atoms. The van der Waals surface area contributed by atoms with Gasteiger partial charge in [-0.2, -0.15) is 0 Å². The first-order chi connectivity index (χ1) is 18.0. The normalized spacial score (nSPS) is 29.0. The van der Waals surface area contributed by atoms with E-state index in [9.17, 15) is 19.8 Å². The lowest BCUT2D eigenvalue weighted by Gasteiger charge is -2.34. The number of ether oxygens (including phenoxy) is 1. The van der Waals surface area contributed by atoms with E-state index in [0.717, 1.165) is 41.1 Å². The minimum atomic E-state index is -1.23. The maximum Gasteiger partial charge on any atom is 0.309 e. The third-order valence-electron chi connectivity index (χ3n) is 7.58. The Morgan fingerprint density at radius 2 is 1.84 bits per heavy atom. The summed E-state index contributed by atoms with van der Waals surface area (Å²) < 4.78 is 5.84. The van der Waals surface area contributed by atoms with Crippen LogP contribution in [0, 0.1) is 17.3 Å². The van der Waals surface area contributed by atoms with Crippen LogP contribution in [0.3, 0.4) is 0 Å². The summed E-state index contributed by atoms with van der Waals surface area (Å²) >= 11 is 1.56. The van der Waals surface area contributed by atoms with Crippen molar-refractivity contribution in [1.82, 2.24) is 4.98 Å². The van der Waals surface area contributed by atoms with Crippen LogP contribution in [0.4, 0.5) is 0 Å². The summed E-state index contributed by atoms with van der Waals surface area (Å²) in [5, 5.41) is 24.5. The van der Waals surface area contributed by atoms with Gasteiger partial charge >= 0.3 is 5.97 Å². The lowest BCUT2D eigenvalue weighted by molar-refractivity contribution is -0.154. The van der Waals surface area contributed by atoms with E-state index < -0.39 is 35.6 Å². The quantitative estimate of drug-likeness (QED) is 0.354. The second-order valence-corrected chi connectivity index (χ2v) is 11.9. The van der Waals surface area contributed by atoms with E-state index in [2.05, 4.69) is 6.08 Å². The number of aliphatic hydroxyl groups excluding tert-OH is 2. The van der Waals surface area contributed by atoms with Crippen molar-refractivity contribution in [2.45, 2.75) is 85.0 Å². The summed E-state index contributed by atoms with van der Waals surface area (Å²) in [6.07, 6.45) is 6.17. The van der Waals surface area contributed by atoms with Gasteiger partial charge in [0.05, 0.1) is 29.7 Å². The molecule has 0 unspecified atom stereocenters. The van der Waals surface area contributed by atoms with Crippen LogP contribution >= 0.6 is 11.3 Å². The molecular weight excluding hydrogens is 498 g/mol. The molecule has 6 nitrogen and oxygen atoms in total. The molecule has 3 rings (SSSR count). The summed E-state index contributed by atoms with van der Waals surface area (Å²) in [6, 6.07) is 9.98. The van der Waals surface area contributed by atoms with Crippen molar-refractivity contribution in [3.8, 4) is 10.6 Å². The van der Waals surface area contributed by atoms with Crippen molar-refractivity contribution in [2.24, 2.45) is 17.3 Å². The Bertz CT molecular complexity index is 1140. The zero-order valence-corrected chi connectivity index (χ0v) is 23.9. The number of cyclic esters (lactones) is 1. The number of nitrogens with zero attached hydrogens (tertiary/aromatic N) is 1. The molecule has 1 aliphatic heterocycles. The standard InChI is InChI=1S/C31H41NO5S/c1-20-13-9-6-7-12-16-25(21(2)17-24-19-38-30(32-24)23-14-10-8-11-15-23)37-27(34)18-26(33)31(4,5)29(36)22(3)28(20)35/h7-8,10-12,14-15,17,19-20,22,25-26,28,33,35H,6,9,13,16,18H2,1-5H3/b12-7-,21-17+/t20-,22+,25-,26-,28-/m0/s1. The maximum atomic E-state index is 13.2. The molecule has 0 aliphatic carbocycles. The molecule has 1 aromatic carbocycles. The van der Waals surface area contributed by atoms with Crippen LogP contribution in [0.15, 0.2) is 53.4 Å². The zero-order chi connectivity index (χ0) is 27.9. The second kappa shape index (κ2) is 13.5. The number of rotatable bonds is 3. The lowest BCUT2D eigenvalue weighted by atomic mass is 9.73. The van der Waals surface area contributed by atoms with Crippen LogP contribution in [0.25, 0.3) is 16.6 Å². The van der Waals surface area contributed by atoms with Gasteiger partial charge in [-0.05, 0) is 43.8 Å². The highest BCUT2D eigenvalue weighted by atomic mass is 32.1. The molecule has 2 N–H and O–H groups in total. The summed E-state index contributed by atoms with van der Waals surface area (Å²) in [5.41, 5.74) is 1.50. The van der Waals surface area contributed by atoms with E-state index in [4.69, 9.17) is 9.72 Å². The third kappa shape index (κ3) is 7.71. The Morgan fingerprint density at radius 3 is 2.55 bits per heavy atom. The summed E-state index contributed by atoms with van der Waals surface area (Å²) in [6.45, 7) is 8.82. The van der Waals surface area contributed by atoms with Crippen LogP contribution in [0.5, 0.6) is 0 Å². The van der Waals surface area contributed by atoms with Gasteiger partial charge < -0.3 is 14.9 Å². The predicted molar refractivity (Wildman–Crippen MR) is 152 cm³/mol. The van der Waals surface area contributed by atoms with Crippen molar-refractivity contribution in [3.63, 3.8) is 0 Å². The molecule has 0 bridgehead atoms. The minimum Gasteiger partial charge on any atom is -0.457 e. The number of allylic oxidation sites excluding steroid dienone is 1. The molecule has 1 aliphatic rings. The first-order valence-electron chi connectivity index (χ1n) is 13.4. The number of esters is 1. The SMILES string of the molecule is C/C(=C\c1csc(-c2ccccc2)n1)[C@@H]1C/C=C\CCC[C@H](C)[C@H](O)[C@@H](C)C(=O)C(C)(C)[C@@H](O)CC(=O)O1. The maximum absolute atomic E-state index is 13.2. The van der Waals surface area contributed by atoms with Gasteiger partial charge in [-0.3, -0.25) is 9.59 Å². The monoisotopic (exact) mass is 539 g/mol. The molecule has 1 aromatic heterocycles. The number of hydrogen-bond donors (Lipinski definition) is 2. The average Bonchev–Trinajstić information content (AvgIpc) is 3.36. The molecular formula is C31H41NO5S. The van der Waals surface area contributed by atoms with Gasteiger partial charge in [0.25, 0.3) is 0 Å². The van der Waals surface area contributed by atoms with Crippen molar-refractivity contribution in [2.75, 3.05) is 0 Å². The Labute approximate surface area is 230 Å². The Hall–Kier alpha value is -2.61. The van der Waals surface area contributed by atoms with Gasteiger partial charge in [0.2, 0.25) is 0 Å². The van der Waals surface area contributed by atoms with Gasteiger partial charge in [0.15, 0.2) is 0 Å². The van der Waals surface area contributed by atoms with Crippen molar-refractivity contribution in [3.05, 3.63) is 59.1 Å². The molecule has 0 spiro atoms. The smallest absolute Gasteiger partial charge is 0.309 e. The van der Waals surface area contributed by atoms with E-state index in [0.29, 0.717) is 6.42 Å². The number of carbonyl (C=O) groups excluding carboxylic acids is 2. The average molecular weight is 540 g/mol. The van der Waals surface area contributed by atoms with Gasteiger partial charge in [-0.15, -0.1) is 11.3 Å². The van der Waals surface area contributed by atoms with Gasteiger partial charge in [-0.25, -0.2) is 4.98 Å². The van der Waals surface area contributed by atoms with E-state index in [-0.39, 0.29) is 18.1 Å². The molecule has 0 fully saturated rings. The second-order valence-electron chi connectivity index (χ2n) is 11.0. The first kappa shape index (κ1) is 29.9. The summed E-state index contributed by atoms with van der Waals surface area (Å²) in [5.74, 6) is -1.52. The van der Waals surface area contributed by atoms with E-state index in [1.54, 1.807) is 32.1 Å². The van der Waals surface area contributed by atoms with Gasteiger partial charge in [-0.1, -0.05) is 70.2 Å². The molecule has 2 aromatic rings. The predicted octanol–water partition coefficient (Wildman–Crippen LogP) is 6.23. The third-order valence-corrected chi connectivity index (χ3v) is 8.49. The fourth-order valence-corrected chi connectivity index (χ4v) is 5.59. The topological polar surface area (TPSA) is 96.7 Å². The molecule has 0 radical (unpaired) electrons. The van der Waals surface area contributed by atoms with E-state index >= 15 is 0 Å². The minimum absolute atomic E-state index is 0.0509. The summed E-state index contributed by atoms with van der Waals surface area (Å²) in [7, 11) is 0. The van der Waals surface area contributed by atoms with Crippen molar-refractivity contribution in [1.29, 1.82) is 0 Å². The number of aliphatic hydroxyl groups is 2. The van der Waals surface area contributed by atoms with Crippen LogP contribution in [0.2, 0.25) is 0 Å². The molecule has 7 heteroatoms. The molecule has 0 amide bonds. The Kier molecular flexibility index (Phi) is 10.6. The van der Waals surface area contributed by atoms with Gasteiger partial charge in [0.1, 0.15) is 16.9 Å². The molecule has 0 saturated heterocycles. The van der Waals surface area contributed by atoms with Crippen LogP contribution in [0.1, 0.15) is 72.4 Å². The number of aromatic nitrogens is 1. The Morgan fingerprint density at radius 1 is 1.13 bits per heavy atom.